The number of unbranched alkanes of at least 4 members (excludes halogenated alkanes) is 47. The number of carbonyl (C=O) groups is 4. The van der Waals surface area contributed by atoms with Gasteiger partial charge in [0.05, 0.1) is 26.4 Å². The summed E-state index contributed by atoms with van der Waals surface area (Å²) in [4.78, 5) is 72.9. The van der Waals surface area contributed by atoms with E-state index in [0.29, 0.717) is 25.7 Å². The highest BCUT2D eigenvalue weighted by atomic mass is 31.2. The third-order valence-electron chi connectivity index (χ3n) is 18.2. The molecule has 0 aromatic carbocycles. The van der Waals surface area contributed by atoms with Crippen molar-refractivity contribution in [3.8, 4) is 0 Å². The standard InChI is InChI=1S/C78H152O17P2/c1-7-9-11-13-15-17-19-21-23-25-27-31-35-42-48-54-60-75(80)88-66-73(94-77(82)62-56-50-44-36-32-28-26-24-22-20-18-16-14-12-10-8-2)68-92-96(84,85)90-64-72(79)65-91-97(86,87)93-69-74(67-89-76(81)61-55-49-43-39-38-41-47-53-59-71(5)6)95-78(83)63-57-51-45-37-33-29-30-34-40-46-52-58-70(3)4/h70-74,79H,7-69H2,1-6H3,(H,84,85)(H,86,87)/t72-,73-,74-/m1/s1. The highest BCUT2D eigenvalue weighted by molar-refractivity contribution is 7.47. The molecule has 17 nitrogen and oxygen atoms in total. The summed E-state index contributed by atoms with van der Waals surface area (Å²) in [6, 6.07) is 0. The molecule has 0 aliphatic rings. The fourth-order valence-electron chi connectivity index (χ4n) is 12.0. The molecule has 0 saturated carbocycles. The van der Waals surface area contributed by atoms with Crippen molar-refractivity contribution in [1.29, 1.82) is 0 Å². The van der Waals surface area contributed by atoms with Gasteiger partial charge in [-0.2, -0.15) is 0 Å². The van der Waals surface area contributed by atoms with Crippen LogP contribution < -0.4 is 0 Å². The van der Waals surface area contributed by atoms with Crippen LogP contribution in [0, 0.1) is 11.8 Å². The number of carbonyl (C=O) groups excluding carboxylic acids is 4. The third kappa shape index (κ3) is 72.2. The minimum atomic E-state index is -4.96. The lowest BCUT2D eigenvalue weighted by Gasteiger charge is -2.21. The normalized spacial score (nSPS) is 14.0. The minimum absolute atomic E-state index is 0.106. The Morgan fingerprint density at radius 2 is 0.474 bits per heavy atom. The quantitative estimate of drug-likeness (QED) is 0.0222. The maximum absolute atomic E-state index is 13.1. The summed E-state index contributed by atoms with van der Waals surface area (Å²) < 4.78 is 68.6. The molecule has 0 amide bonds. The van der Waals surface area contributed by atoms with Gasteiger partial charge < -0.3 is 33.8 Å². The van der Waals surface area contributed by atoms with Gasteiger partial charge in [0, 0.05) is 25.7 Å². The maximum Gasteiger partial charge on any atom is 0.472 e. The molecule has 0 spiro atoms. The Bertz CT molecular complexity index is 1870. The summed E-state index contributed by atoms with van der Waals surface area (Å²) in [7, 11) is -9.92. The lowest BCUT2D eigenvalue weighted by atomic mass is 10.0. The molecule has 0 fully saturated rings. The molecule has 0 aliphatic carbocycles. The first-order chi connectivity index (χ1) is 46.9. The molecule has 576 valence electrons. The number of aliphatic hydroxyl groups is 1. The van der Waals surface area contributed by atoms with Crippen LogP contribution in [0.5, 0.6) is 0 Å². The molecule has 0 aromatic rings. The molecule has 0 rings (SSSR count). The van der Waals surface area contributed by atoms with Crippen molar-refractivity contribution in [3.63, 3.8) is 0 Å². The number of phosphoric ester groups is 2. The SMILES string of the molecule is CCCCCCCCCCCCCCCCCCC(=O)OC[C@H](COP(=O)(O)OC[C@@H](O)COP(=O)(O)OC[C@@H](COC(=O)CCCCCCCCCCC(C)C)OC(=O)CCCCCCCCCCCCCC(C)C)OC(=O)CCCCCCCCCCCCCCCCCC. The number of hydrogen-bond acceptors (Lipinski definition) is 15. The van der Waals surface area contributed by atoms with Gasteiger partial charge in [-0.1, -0.05) is 356 Å². The summed E-state index contributed by atoms with van der Waals surface area (Å²) in [6.07, 6.45) is 58.2. The minimum Gasteiger partial charge on any atom is -0.462 e. The highest BCUT2D eigenvalue weighted by Gasteiger charge is 2.30. The van der Waals surface area contributed by atoms with E-state index in [1.165, 1.54) is 225 Å². The van der Waals surface area contributed by atoms with Crippen LogP contribution in [0.4, 0.5) is 0 Å². The van der Waals surface area contributed by atoms with Crippen molar-refractivity contribution in [2.45, 2.75) is 426 Å². The molecule has 0 heterocycles. The smallest absolute Gasteiger partial charge is 0.462 e. The van der Waals surface area contributed by atoms with E-state index < -0.39 is 97.5 Å². The number of esters is 4. The summed E-state index contributed by atoms with van der Waals surface area (Å²) in [6.45, 7) is 9.59. The van der Waals surface area contributed by atoms with Gasteiger partial charge in [0.1, 0.15) is 19.3 Å². The maximum atomic E-state index is 13.1. The van der Waals surface area contributed by atoms with E-state index in [1.807, 2.05) is 0 Å². The zero-order valence-electron chi connectivity index (χ0n) is 63.4. The van der Waals surface area contributed by atoms with Gasteiger partial charge >= 0.3 is 39.5 Å². The second kappa shape index (κ2) is 69.8. The van der Waals surface area contributed by atoms with E-state index >= 15 is 0 Å². The first kappa shape index (κ1) is 95.1. The second-order valence-corrected chi connectivity index (χ2v) is 32.0. The molecule has 3 N–H and O–H groups in total. The molecule has 0 aliphatic heterocycles. The van der Waals surface area contributed by atoms with Gasteiger partial charge in [-0.25, -0.2) is 9.13 Å². The van der Waals surface area contributed by atoms with Crippen molar-refractivity contribution < 1.29 is 80.2 Å². The first-order valence-corrected chi connectivity index (χ1v) is 43.5. The number of ether oxygens (including phenoxy) is 4. The fraction of sp³-hybridized carbons (Fsp3) is 0.949. The largest absolute Gasteiger partial charge is 0.472 e. The van der Waals surface area contributed by atoms with Crippen LogP contribution in [0.15, 0.2) is 0 Å². The third-order valence-corrected chi connectivity index (χ3v) is 20.1. The lowest BCUT2D eigenvalue weighted by Crippen LogP contribution is -2.30. The van der Waals surface area contributed by atoms with Crippen LogP contribution in [0.25, 0.3) is 0 Å². The predicted octanol–water partition coefficient (Wildman–Crippen LogP) is 23.1. The van der Waals surface area contributed by atoms with E-state index in [4.69, 9.17) is 37.0 Å². The molecule has 97 heavy (non-hydrogen) atoms. The molecule has 0 saturated heterocycles. The van der Waals surface area contributed by atoms with Crippen LogP contribution in [0.2, 0.25) is 0 Å². The van der Waals surface area contributed by atoms with Crippen molar-refractivity contribution in [3.05, 3.63) is 0 Å². The molecular formula is C78H152O17P2. The van der Waals surface area contributed by atoms with Crippen LogP contribution in [0.3, 0.4) is 0 Å². The summed E-state index contributed by atoms with van der Waals surface area (Å²) in [5.74, 6) is -0.620. The highest BCUT2D eigenvalue weighted by Crippen LogP contribution is 2.45. The molecule has 0 bridgehead atoms. The monoisotopic (exact) mass is 1420 g/mol. The average molecular weight is 1420 g/mol. The molecule has 2 unspecified atom stereocenters. The summed E-state index contributed by atoms with van der Waals surface area (Å²) >= 11 is 0. The van der Waals surface area contributed by atoms with Crippen molar-refractivity contribution in [1.82, 2.24) is 0 Å². The van der Waals surface area contributed by atoms with Gasteiger partial charge in [-0.3, -0.25) is 37.3 Å². The van der Waals surface area contributed by atoms with Crippen molar-refractivity contribution >= 4 is 39.5 Å². The van der Waals surface area contributed by atoms with E-state index in [1.54, 1.807) is 0 Å². The average Bonchev–Trinajstić information content (AvgIpc) is 1.20. The number of rotatable bonds is 77. The lowest BCUT2D eigenvalue weighted by molar-refractivity contribution is -0.161. The summed E-state index contributed by atoms with van der Waals surface area (Å²) in [5.41, 5.74) is 0. The van der Waals surface area contributed by atoms with Gasteiger partial charge in [0.2, 0.25) is 0 Å². The zero-order valence-corrected chi connectivity index (χ0v) is 65.2. The molecule has 5 atom stereocenters. The topological polar surface area (TPSA) is 237 Å². The van der Waals surface area contributed by atoms with Gasteiger partial charge in [-0.05, 0) is 37.5 Å². The molecular weight excluding hydrogens is 1270 g/mol. The number of phosphoric acid groups is 2. The van der Waals surface area contributed by atoms with Gasteiger partial charge in [-0.15, -0.1) is 0 Å². The second-order valence-electron chi connectivity index (χ2n) is 29.1. The van der Waals surface area contributed by atoms with Crippen LogP contribution in [-0.4, -0.2) is 96.7 Å². The Morgan fingerprint density at radius 1 is 0.278 bits per heavy atom. The first-order valence-electron chi connectivity index (χ1n) is 40.5. The molecule has 0 aromatic heterocycles. The van der Waals surface area contributed by atoms with Gasteiger partial charge in [0.15, 0.2) is 12.2 Å². The Morgan fingerprint density at radius 3 is 0.701 bits per heavy atom. The van der Waals surface area contributed by atoms with Crippen LogP contribution >= 0.6 is 15.6 Å². The number of aliphatic hydroxyl groups excluding tert-OH is 1. The van der Waals surface area contributed by atoms with Crippen molar-refractivity contribution in [2.24, 2.45) is 11.8 Å². The van der Waals surface area contributed by atoms with Crippen molar-refractivity contribution in [2.75, 3.05) is 39.6 Å². The Hall–Kier alpha value is -1.94. The summed E-state index contributed by atoms with van der Waals surface area (Å²) in [5, 5.41) is 10.6. The fourth-order valence-corrected chi connectivity index (χ4v) is 13.6. The molecule has 19 heteroatoms. The Balaban J connectivity index is 5.26. The molecule has 0 radical (unpaired) electrons. The number of hydrogen-bond donors (Lipinski definition) is 3. The van der Waals surface area contributed by atoms with Crippen LogP contribution in [-0.2, 0) is 65.4 Å². The van der Waals surface area contributed by atoms with E-state index in [2.05, 4.69) is 41.5 Å². The van der Waals surface area contributed by atoms with E-state index in [-0.39, 0.29) is 25.7 Å². The van der Waals surface area contributed by atoms with E-state index in [0.717, 1.165) is 102 Å². The van der Waals surface area contributed by atoms with Gasteiger partial charge in [0.25, 0.3) is 0 Å². The van der Waals surface area contributed by atoms with E-state index in [9.17, 15) is 43.2 Å². The Kier molecular flexibility index (Phi) is 68.4. The Labute approximate surface area is 594 Å². The zero-order chi connectivity index (χ0) is 71.4. The van der Waals surface area contributed by atoms with Crippen LogP contribution in [0.1, 0.15) is 408 Å². The predicted molar refractivity (Wildman–Crippen MR) is 395 cm³/mol.